The number of fused-ring (bicyclic) bond motifs is 1. The van der Waals surface area contributed by atoms with E-state index in [0.29, 0.717) is 16.7 Å². The van der Waals surface area contributed by atoms with E-state index in [2.05, 4.69) is 15.3 Å². The van der Waals surface area contributed by atoms with Gasteiger partial charge in [-0.2, -0.15) is 0 Å². The van der Waals surface area contributed by atoms with Crippen molar-refractivity contribution in [2.45, 2.75) is 38.3 Å². The summed E-state index contributed by atoms with van der Waals surface area (Å²) in [5.74, 6) is -0.378. The summed E-state index contributed by atoms with van der Waals surface area (Å²) in [7, 11) is 0. The van der Waals surface area contributed by atoms with Crippen LogP contribution in [0.25, 0.3) is 39.0 Å². The van der Waals surface area contributed by atoms with Crippen molar-refractivity contribution in [1.82, 2.24) is 19.9 Å². The summed E-state index contributed by atoms with van der Waals surface area (Å²) in [5, 5.41) is 24.0. The van der Waals surface area contributed by atoms with Crippen LogP contribution in [0.15, 0.2) is 90.4 Å². The summed E-state index contributed by atoms with van der Waals surface area (Å²) < 4.78 is 2.69. The van der Waals surface area contributed by atoms with Crippen molar-refractivity contribution in [2.24, 2.45) is 0 Å². The van der Waals surface area contributed by atoms with Gasteiger partial charge in [0.2, 0.25) is 11.6 Å². The van der Waals surface area contributed by atoms with E-state index in [-0.39, 0.29) is 22.9 Å². The number of pyridine rings is 4. The van der Waals surface area contributed by atoms with Crippen molar-refractivity contribution < 1.29 is 19.8 Å². The van der Waals surface area contributed by atoms with Crippen LogP contribution in [0.5, 0.6) is 0 Å². The van der Waals surface area contributed by atoms with Gasteiger partial charge in [-0.25, -0.2) is 4.98 Å². The van der Waals surface area contributed by atoms with Crippen molar-refractivity contribution >= 4 is 16.9 Å². The molecular formula is C31H28N5O4+. The van der Waals surface area contributed by atoms with Gasteiger partial charge in [0.05, 0.1) is 10.9 Å². The molecule has 0 spiro atoms. The van der Waals surface area contributed by atoms with Crippen LogP contribution in [0.4, 0.5) is 0 Å². The standard InChI is InChI=1S/C31H27N5O4/c1-31(2,39)27-11-8-20(17-36(27)40)22-13-21(15-32-16-22)19-5-3-6-24(14-19)35-18-26(30(38)34-23-9-10-23)28(37)25-7-4-12-33-29(25)35/h3-8,11-18,23,39H,9-10H2,1-2H3,(H-,34,38,40)/p+1. The maximum absolute atomic E-state index is 13.2. The van der Waals surface area contributed by atoms with Gasteiger partial charge in [-0.3, -0.25) is 19.8 Å². The highest BCUT2D eigenvalue weighted by atomic mass is 16.5. The van der Waals surface area contributed by atoms with Crippen LogP contribution in [-0.4, -0.2) is 36.8 Å². The Bertz CT molecular complexity index is 1840. The highest BCUT2D eigenvalue weighted by Gasteiger charge is 2.29. The van der Waals surface area contributed by atoms with Crippen LogP contribution in [0.2, 0.25) is 0 Å². The third kappa shape index (κ3) is 4.83. The molecule has 9 nitrogen and oxygen atoms in total. The lowest BCUT2D eigenvalue weighted by molar-refractivity contribution is -0.912. The smallest absolute Gasteiger partial charge is 0.264 e. The number of aromatic nitrogens is 4. The molecule has 0 aliphatic heterocycles. The molecule has 1 aliphatic carbocycles. The summed E-state index contributed by atoms with van der Waals surface area (Å²) in [6.07, 6.45) is 10.0. The van der Waals surface area contributed by atoms with Gasteiger partial charge in [0, 0.05) is 58.4 Å². The Hall–Kier alpha value is -4.89. The van der Waals surface area contributed by atoms with Crippen LogP contribution in [0, 0.1) is 0 Å². The quantitative estimate of drug-likeness (QED) is 0.225. The van der Waals surface area contributed by atoms with Crippen LogP contribution in [0.3, 0.4) is 0 Å². The predicted molar refractivity (Wildman–Crippen MR) is 149 cm³/mol. The first-order chi connectivity index (χ1) is 19.2. The van der Waals surface area contributed by atoms with E-state index >= 15 is 0 Å². The summed E-state index contributed by atoms with van der Waals surface area (Å²) in [5.41, 5.74) is 3.28. The topological polar surface area (TPSA) is 121 Å². The van der Waals surface area contributed by atoms with E-state index in [0.717, 1.165) is 45.5 Å². The average molecular weight is 535 g/mol. The first-order valence-electron chi connectivity index (χ1n) is 13.0. The molecule has 6 rings (SSSR count). The molecule has 0 saturated heterocycles. The third-order valence-corrected chi connectivity index (χ3v) is 7.00. The molecule has 1 fully saturated rings. The summed E-state index contributed by atoms with van der Waals surface area (Å²) in [6, 6.07) is 16.6. The molecule has 3 N–H and O–H groups in total. The van der Waals surface area contributed by atoms with Gasteiger partial charge >= 0.3 is 0 Å². The Kier molecular flexibility index (Phi) is 6.15. The number of carbonyl (C=O) groups excluding carboxylic acids is 1. The van der Waals surface area contributed by atoms with Gasteiger partial charge in [-0.15, -0.1) is 0 Å². The Balaban J connectivity index is 1.41. The highest BCUT2D eigenvalue weighted by molar-refractivity contribution is 5.97. The zero-order chi connectivity index (χ0) is 28.0. The largest absolute Gasteiger partial charge is 0.379 e. The molecule has 4 heterocycles. The fourth-order valence-electron chi connectivity index (χ4n) is 4.74. The minimum absolute atomic E-state index is 0.0771. The van der Waals surface area contributed by atoms with E-state index in [1.165, 1.54) is 6.20 Å². The summed E-state index contributed by atoms with van der Waals surface area (Å²) in [4.78, 5) is 35.0. The number of benzene rings is 1. The Labute approximate surface area is 230 Å². The fourth-order valence-corrected chi connectivity index (χ4v) is 4.74. The Morgan fingerprint density at radius 2 is 1.80 bits per heavy atom. The number of hydrogen-bond acceptors (Lipinski definition) is 6. The van der Waals surface area contributed by atoms with Crippen molar-refractivity contribution in [2.75, 3.05) is 0 Å². The van der Waals surface area contributed by atoms with Crippen molar-refractivity contribution in [3.05, 3.63) is 107 Å². The molecule has 1 saturated carbocycles. The first-order valence-corrected chi connectivity index (χ1v) is 13.0. The monoisotopic (exact) mass is 534 g/mol. The molecule has 40 heavy (non-hydrogen) atoms. The lowest BCUT2D eigenvalue weighted by Crippen LogP contribution is -2.41. The number of carbonyl (C=O) groups is 1. The Morgan fingerprint density at radius 1 is 1.02 bits per heavy atom. The van der Waals surface area contributed by atoms with Gasteiger partial charge in [0.25, 0.3) is 11.6 Å². The third-order valence-electron chi connectivity index (χ3n) is 7.00. The van der Waals surface area contributed by atoms with Crippen LogP contribution >= 0.6 is 0 Å². The number of aliphatic hydroxyl groups is 1. The molecule has 9 heteroatoms. The normalized spacial score (nSPS) is 13.4. The molecule has 0 atom stereocenters. The van der Waals surface area contributed by atoms with Crippen LogP contribution < -0.4 is 15.5 Å². The molecule has 1 aliphatic rings. The lowest BCUT2D eigenvalue weighted by atomic mass is 10.0. The molecule has 1 amide bonds. The zero-order valence-corrected chi connectivity index (χ0v) is 22.1. The fraction of sp³-hybridized carbons (Fsp3) is 0.194. The predicted octanol–water partition coefficient (Wildman–Crippen LogP) is 3.76. The minimum Gasteiger partial charge on any atom is -0.379 e. The maximum atomic E-state index is 13.2. The molecule has 0 radical (unpaired) electrons. The number of amides is 1. The first kappa shape index (κ1) is 25.4. The zero-order valence-electron chi connectivity index (χ0n) is 22.1. The SMILES string of the molecule is CC(C)(O)c1ccc(-c2cncc(-c3cccc(-n4cc(C(=O)NC5CC5)c(=O)c5cccnc54)c3)c2)c[n+]1O. The van der Waals surface area contributed by atoms with Gasteiger partial charge in [0.15, 0.2) is 0 Å². The molecular weight excluding hydrogens is 506 g/mol. The lowest BCUT2D eigenvalue weighted by Gasteiger charge is -2.14. The number of nitrogens with zero attached hydrogens (tertiary/aromatic N) is 4. The Morgan fingerprint density at radius 3 is 2.52 bits per heavy atom. The second-order valence-electron chi connectivity index (χ2n) is 10.6. The van der Waals surface area contributed by atoms with E-state index < -0.39 is 5.60 Å². The maximum Gasteiger partial charge on any atom is 0.264 e. The molecule has 4 aromatic heterocycles. The average Bonchev–Trinajstić information content (AvgIpc) is 3.77. The summed E-state index contributed by atoms with van der Waals surface area (Å²) >= 11 is 0. The molecule has 1 aromatic carbocycles. The van der Waals surface area contributed by atoms with Crippen molar-refractivity contribution in [1.29, 1.82) is 0 Å². The van der Waals surface area contributed by atoms with E-state index in [9.17, 15) is 19.9 Å². The van der Waals surface area contributed by atoms with Crippen molar-refractivity contribution in [3.8, 4) is 27.9 Å². The van der Waals surface area contributed by atoms with Crippen molar-refractivity contribution in [3.63, 3.8) is 0 Å². The van der Waals surface area contributed by atoms with E-state index in [1.807, 2.05) is 36.4 Å². The van der Waals surface area contributed by atoms with E-state index in [1.54, 1.807) is 61.4 Å². The minimum atomic E-state index is -1.20. The van der Waals surface area contributed by atoms with Crippen LogP contribution in [-0.2, 0) is 5.60 Å². The molecule has 5 aromatic rings. The van der Waals surface area contributed by atoms with Gasteiger partial charge in [0.1, 0.15) is 16.8 Å². The molecule has 0 bridgehead atoms. The van der Waals surface area contributed by atoms with E-state index in [4.69, 9.17) is 0 Å². The van der Waals surface area contributed by atoms with Gasteiger partial charge in [-0.1, -0.05) is 12.1 Å². The van der Waals surface area contributed by atoms with Gasteiger partial charge in [-0.05, 0) is 68.7 Å². The van der Waals surface area contributed by atoms with Crippen LogP contribution in [0.1, 0.15) is 42.7 Å². The number of rotatable bonds is 6. The molecule has 200 valence electrons. The number of hydrogen-bond donors (Lipinski definition) is 3. The second kappa shape index (κ2) is 9.69. The number of nitrogens with one attached hydrogen (secondary N) is 1. The second-order valence-corrected chi connectivity index (χ2v) is 10.6. The summed E-state index contributed by atoms with van der Waals surface area (Å²) in [6.45, 7) is 3.21. The van der Waals surface area contributed by atoms with Gasteiger partial charge < -0.3 is 15.0 Å². The highest BCUT2D eigenvalue weighted by Crippen LogP contribution is 2.28. The molecule has 0 unspecified atom stereocenters.